The van der Waals surface area contributed by atoms with Gasteiger partial charge in [-0.25, -0.2) is 9.59 Å². The molecule has 0 aliphatic carbocycles. The average molecular weight is 242 g/mol. The summed E-state index contributed by atoms with van der Waals surface area (Å²) in [5.74, 6) is -1.74. The standard InChI is InChI=1S/C11H18N2O4/c1-4-8(7(2)3)12-11(17)13-9(14)5-6-10(15)16/h5-8H,4H2,1-3H3,(H,15,16)(H2,12,13,14,17). The fraction of sp³-hybridized carbons (Fsp3) is 0.545. The quantitative estimate of drug-likeness (QED) is 0.624. The van der Waals surface area contributed by atoms with E-state index in [0.29, 0.717) is 6.08 Å². The average Bonchev–Trinajstić information content (AvgIpc) is 2.22. The first kappa shape index (κ1) is 15.2. The van der Waals surface area contributed by atoms with E-state index < -0.39 is 17.9 Å². The van der Waals surface area contributed by atoms with Gasteiger partial charge in [-0.1, -0.05) is 20.8 Å². The largest absolute Gasteiger partial charge is 0.478 e. The van der Waals surface area contributed by atoms with Gasteiger partial charge in [0.2, 0.25) is 0 Å². The number of carboxylic acid groups (broad SMARTS) is 1. The number of carboxylic acids is 1. The second-order valence-corrected chi connectivity index (χ2v) is 3.89. The van der Waals surface area contributed by atoms with Gasteiger partial charge in [0, 0.05) is 18.2 Å². The highest BCUT2D eigenvalue weighted by atomic mass is 16.4. The molecule has 0 aliphatic heterocycles. The second-order valence-electron chi connectivity index (χ2n) is 3.89. The van der Waals surface area contributed by atoms with E-state index >= 15 is 0 Å². The first-order chi connectivity index (χ1) is 7.86. The van der Waals surface area contributed by atoms with Crippen molar-refractivity contribution in [3.05, 3.63) is 12.2 Å². The van der Waals surface area contributed by atoms with Gasteiger partial charge in [-0.15, -0.1) is 0 Å². The van der Waals surface area contributed by atoms with Crippen molar-refractivity contribution in [1.82, 2.24) is 10.6 Å². The van der Waals surface area contributed by atoms with E-state index in [-0.39, 0.29) is 12.0 Å². The van der Waals surface area contributed by atoms with Gasteiger partial charge in [-0.05, 0) is 12.3 Å². The monoisotopic (exact) mass is 242 g/mol. The summed E-state index contributed by atoms with van der Waals surface area (Å²) < 4.78 is 0. The zero-order valence-corrected chi connectivity index (χ0v) is 10.2. The normalized spacial score (nSPS) is 12.5. The summed E-state index contributed by atoms with van der Waals surface area (Å²) in [5.41, 5.74) is 0. The van der Waals surface area contributed by atoms with Crippen LogP contribution in [0.3, 0.4) is 0 Å². The Labute approximate surface area is 100 Å². The van der Waals surface area contributed by atoms with Crippen LogP contribution in [0, 0.1) is 5.92 Å². The first-order valence-corrected chi connectivity index (χ1v) is 5.39. The minimum Gasteiger partial charge on any atom is -0.478 e. The van der Waals surface area contributed by atoms with E-state index in [1.807, 2.05) is 26.1 Å². The fourth-order valence-electron chi connectivity index (χ4n) is 1.25. The summed E-state index contributed by atoms with van der Waals surface area (Å²) in [6.45, 7) is 5.85. The Morgan fingerprint density at radius 3 is 2.24 bits per heavy atom. The minimum atomic E-state index is -1.24. The topological polar surface area (TPSA) is 95.5 Å². The number of imide groups is 1. The van der Waals surface area contributed by atoms with Gasteiger partial charge >= 0.3 is 12.0 Å². The summed E-state index contributed by atoms with van der Waals surface area (Å²) in [4.78, 5) is 32.6. The van der Waals surface area contributed by atoms with Gasteiger partial charge in [0.25, 0.3) is 5.91 Å². The summed E-state index contributed by atoms with van der Waals surface area (Å²) in [7, 11) is 0. The lowest BCUT2D eigenvalue weighted by atomic mass is 10.0. The number of amides is 3. The molecule has 6 nitrogen and oxygen atoms in total. The predicted octanol–water partition coefficient (Wildman–Crippen LogP) is 0.888. The molecule has 1 atom stereocenters. The van der Waals surface area contributed by atoms with Crippen molar-refractivity contribution in [3.63, 3.8) is 0 Å². The fourth-order valence-corrected chi connectivity index (χ4v) is 1.25. The zero-order chi connectivity index (χ0) is 13.4. The molecule has 1 unspecified atom stereocenters. The molecule has 0 rings (SSSR count). The molecule has 0 aromatic carbocycles. The van der Waals surface area contributed by atoms with Gasteiger partial charge in [-0.3, -0.25) is 10.1 Å². The molecule has 17 heavy (non-hydrogen) atoms. The Hall–Kier alpha value is -1.85. The second kappa shape index (κ2) is 7.43. The molecule has 96 valence electrons. The number of urea groups is 1. The van der Waals surface area contributed by atoms with Gasteiger partial charge in [0.05, 0.1) is 0 Å². The summed E-state index contributed by atoms with van der Waals surface area (Å²) in [6, 6.07) is -0.642. The number of hydrogen-bond donors (Lipinski definition) is 3. The van der Waals surface area contributed by atoms with E-state index in [2.05, 4.69) is 5.32 Å². The summed E-state index contributed by atoms with van der Waals surface area (Å²) in [5, 5.41) is 12.9. The third-order valence-electron chi connectivity index (χ3n) is 2.18. The Bertz CT molecular complexity index is 323. The van der Waals surface area contributed by atoms with Gasteiger partial charge in [-0.2, -0.15) is 0 Å². The Morgan fingerprint density at radius 1 is 1.24 bits per heavy atom. The molecule has 0 saturated heterocycles. The third kappa shape index (κ3) is 7.10. The molecule has 0 aliphatic rings. The number of rotatable bonds is 5. The Balaban J connectivity index is 4.18. The van der Waals surface area contributed by atoms with Gasteiger partial charge in [0.15, 0.2) is 0 Å². The molecule has 0 fully saturated rings. The molecule has 0 bridgehead atoms. The molecule has 0 spiro atoms. The molecule has 3 N–H and O–H groups in total. The van der Waals surface area contributed by atoms with Crippen molar-refractivity contribution in [1.29, 1.82) is 0 Å². The summed E-state index contributed by atoms with van der Waals surface area (Å²) in [6.07, 6.45) is 2.21. The lowest BCUT2D eigenvalue weighted by molar-refractivity contribution is -0.131. The smallest absolute Gasteiger partial charge is 0.328 e. The number of carbonyl (C=O) groups is 3. The number of nitrogens with one attached hydrogen (secondary N) is 2. The van der Waals surface area contributed by atoms with E-state index in [1.165, 1.54) is 0 Å². The zero-order valence-electron chi connectivity index (χ0n) is 10.2. The molecule has 0 aromatic heterocycles. The molecular weight excluding hydrogens is 224 g/mol. The van der Waals surface area contributed by atoms with E-state index in [9.17, 15) is 14.4 Å². The summed E-state index contributed by atoms with van der Waals surface area (Å²) >= 11 is 0. The lowest BCUT2D eigenvalue weighted by Crippen LogP contribution is -2.45. The van der Waals surface area contributed by atoms with Gasteiger partial charge in [0.1, 0.15) is 0 Å². The van der Waals surface area contributed by atoms with Crippen LogP contribution in [0.2, 0.25) is 0 Å². The highest BCUT2D eigenvalue weighted by Gasteiger charge is 2.14. The van der Waals surface area contributed by atoms with Gasteiger partial charge < -0.3 is 10.4 Å². The first-order valence-electron chi connectivity index (χ1n) is 5.39. The highest BCUT2D eigenvalue weighted by molar-refractivity contribution is 6.02. The van der Waals surface area contributed by atoms with Crippen LogP contribution in [0.4, 0.5) is 4.79 Å². The predicted molar refractivity (Wildman–Crippen MR) is 62.4 cm³/mol. The molecule has 3 amide bonds. The van der Waals surface area contributed by atoms with Crippen LogP contribution in [-0.4, -0.2) is 29.1 Å². The van der Waals surface area contributed by atoms with Crippen LogP contribution in [0.15, 0.2) is 12.2 Å². The van der Waals surface area contributed by atoms with Crippen molar-refractivity contribution in [3.8, 4) is 0 Å². The van der Waals surface area contributed by atoms with E-state index in [1.54, 1.807) is 0 Å². The molecular formula is C11H18N2O4. The third-order valence-corrected chi connectivity index (χ3v) is 2.18. The molecule has 0 radical (unpaired) electrons. The van der Waals surface area contributed by atoms with Crippen molar-refractivity contribution in [2.75, 3.05) is 0 Å². The van der Waals surface area contributed by atoms with Crippen LogP contribution in [0.1, 0.15) is 27.2 Å². The maximum atomic E-state index is 11.3. The highest BCUT2D eigenvalue weighted by Crippen LogP contribution is 2.04. The molecule has 0 aromatic rings. The SMILES string of the molecule is CCC(NC(=O)NC(=O)C=CC(=O)O)C(C)C. The van der Waals surface area contributed by atoms with Crippen molar-refractivity contribution < 1.29 is 19.5 Å². The van der Waals surface area contributed by atoms with Crippen molar-refractivity contribution >= 4 is 17.9 Å². The Morgan fingerprint density at radius 2 is 1.82 bits per heavy atom. The molecule has 0 heterocycles. The molecule has 0 saturated carbocycles. The van der Waals surface area contributed by atoms with Crippen molar-refractivity contribution in [2.45, 2.75) is 33.2 Å². The molecule has 6 heteroatoms. The van der Waals surface area contributed by atoms with E-state index in [0.717, 1.165) is 12.5 Å². The van der Waals surface area contributed by atoms with Crippen LogP contribution < -0.4 is 10.6 Å². The number of aliphatic carboxylic acids is 1. The Kier molecular flexibility index (Phi) is 6.62. The van der Waals surface area contributed by atoms with Crippen LogP contribution in [0.5, 0.6) is 0 Å². The lowest BCUT2D eigenvalue weighted by Gasteiger charge is -2.20. The maximum absolute atomic E-state index is 11.3. The van der Waals surface area contributed by atoms with Crippen molar-refractivity contribution in [2.24, 2.45) is 5.92 Å². The van der Waals surface area contributed by atoms with E-state index in [4.69, 9.17) is 5.11 Å². The van der Waals surface area contributed by atoms with Crippen LogP contribution in [0.25, 0.3) is 0 Å². The minimum absolute atomic E-state index is 0.0220. The maximum Gasteiger partial charge on any atom is 0.328 e. The van der Waals surface area contributed by atoms with Crippen LogP contribution >= 0.6 is 0 Å². The van der Waals surface area contributed by atoms with Crippen LogP contribution in [-0.2, 0) is 9.59 Å². The number of carbonyl (C=O) groups excluding carboxylic acids is 2. The number of hydrogen-bond acceptors (Lipinski definition) is 3.